The van der Waals surface area contributed by atoms with E-state index < -0.39 is 0 Å². The van der Waals surface area contributed by atoms with E-state index in [0.717, 1.165) is 5.57 Å². The third-order valence-corrected chi connectivity index (χ3v) is 0.663. The summed E-state index contributed by atoms with van der Waals surface area (Å²) in [4.78, 5) is 3.62. The monoisotopic (exact) mass is 119 g/mol. The molecule has 0 spiro atoms. The second-order valence-electron chi connectivity index (χ2n) is 1.14. The van der Waals surface area contributed by atoms with E-state index in [1.54, 1.807) is 12.4 Å². The Morgan fingerprint density at radius 1 is 1.71 bits per heavy atom. The van der Waals surface area contributed by atoms with Crippen molar-refractivity contribution in [1.82, 2.24) is 0 Å². The van der Waals surface area contributed by atoms with Gasteiger partial charge in [-0.2, -0.15) is 0 Å². The molecule has 0 radical (unpaired) electrons. The Balaban J connectivity index is 0.000000360. The molecule has 1 aliphatic rings. The molecule has 0 aromatic heterocycles. The molecule has 3 heteroatoms. The first-order valence-electron chi connectivity index (χ1n) is 1.76. The Labute approximate surface area is 48.0 Å². The zero-order valence-electron chi connectivity index (χ0n) is 3.66. The van der Waals surface area contributed by atoms with Crippen molar-refractivity contribution < 1.29 is 5.11 Å². The van der Waals surface area contributed by atoms with E-state index in [-0.39, 0.29) is 19.0 Å². The van der Waals surface area contributed by atoms with Crippen LogP contribution in [0.15, 0.2) is 16.8 Å². The van der Waals surface area contributed by atoms with Crippen molar-refractivity contribution >= 4 is 18.6 Å². The molecule has 0 amide bonds. The third kappa shape index (κ3) is 1.29. The molecule has 0 atom stereocenters. The van der Waals surface area contributed by atoms with E-state index in [4.69, 9.17) is 5.11 Å². The lowest BCUT2D eigenvalue weighted by molar-refractivity contribution is 0.336. The lowest BCUT2D eigenvalue weighted by Crippen LogP contribution is -1.96. The molecule has 1 heterocycles. The highest BCUT2D eigenvalue weighted by Crippen LogP contribution is 1.96. The van der Waals surface area contributed by atoms with Crippen molar-refractivity contribution in [2.24, 2.45) is 4.99 Å². The van der Waals surface area contributed by atoms with Gasteiger partial charge in [-0.25, -0.2) is 0 Å². The van der Waals surface area contributed by atoms with Crippen LogP contribution in [0.1, 0.15) is 0 Å². The smallest absolute Gasteiger partial charge is 0.0712 e. The van der Waals surface area contributed by atoms with Crippen LogP contribution >= 0.6 is 12.4 Å². The van der Waals surface area contributed by atoms with Crippen LogP contribution in [0.3, 0.4) is 0 Å². The van der Waals surface area contributed by atoms with E-state index in [1.807, 2.05) is 0 Å². The molecule has 0 aliphatic carbocycles. The van der Waals surface area contributed by atoms with E-state index in [2.05, 4.69) is 4.99 Å². The molecule has 0 saturated carbocycles. The molecule has 1 aliphatic heterocycles. The molecule has 40 valence electrons. The van der Waals surface area contributed by atoms with E-state index in [9.17, 15) is 0 Å². The van der Waals surface area contributed by atoms with Crippen LogP contribution in [0.25, 0.3) is 0 Å². The van der Waals surface area contributed by atoms with E-state index in [1.165, 1.54) is 0 Å². The van der Waals surface area contributed by atoms with Gasteiger partial charge in [-0.05, 0) is 0 Å². The Morgan fingerprint density at radius 3 is 2.29 bits per heavy atom. The average Bonchev–Trinajstić information content (AvgIpc) is 1.31. The second kappa shape index (κ2) is 2.77. The van der Waals surface area contributed by atoms with Crippen LogP contribution in [0.5, 0.6) is 0 Å². The van der Waals surface area contributed by atoms with Crippen LogP contribution < -0.4 is 0 Å². The van der Waals surface area contributed by atoms with Gasteiger partial charge in [0, 0.05) is 18.0 Å². The maximum atomic E-state index is 8.23. The number of hydrogen-bond acceptors (Lipinski definition) is 2. The summed E-state index contributed by atoms with van der Waals surface area (Å²) >= 11 is 0. The largest absolute Gasteiger partial charge is 0.392 e. The normalized spacial score (nSPS) is 14.1. The van der Waals surface area contributed by atoms with Crippen molar-refractivity contribution in [3.63, 3.8) is 0 Å². The first-order valence-corrected chi connectivity index (χ1v) is 1.76. The molecule has 0 aromatic rings. The maximum absolute atomic E-state index is 8.23. The first kappa shape index (κ1) is 6.66. The van der Waals surface area contributed by atoms with Gasteiger partial charge in [-0.1, -0.05) is 0 Å². The average molecular weight is 120 g/mol. The van der Waals surface area contributed by atoms with E-state index >= 15 is 0 Å². The topological polar surface area (TPSA) is 32.6 Å². The Bertz CT molecular complexity index is 108. The molecule has 0 aromatic carbocycles. The zero-order chi connectivity index (χ0) is 4.41. The zero-order valence-corrected chi connectivity index (χ0v) is 4.48. The summed E-state index contributed by atoms with van der Waals surface area (Å²) < 4.78 is 0. The molecule has 0 fully saturated rings. The van der Waals surface area contributed by atoms with E-state index in [0.29, 0.717) is 0 Å². The molecule has 1 N–H and O–H groups in total. The fourth-order valence-corrected chi connectivity index (χ4v) is 0.262. The van der Waals surface area contributed by atoms with Crippen LogP contribution in [-0.4, -0.2) is 17.9 Å². The van der Waals surface area contributed by atoms with Crippen LogP contribution in [-0.2, 0) is 0 Å². The van der Waals surface area contributed by atoms with Gasteiger partial charge in [0.15, 0.2) is 0 Å². The van der Waals surface area contributed by atoms with Gasteiger partial charge in [-0.15, -0.1) is 12.4 Å². The van der Waals surface area contributed by atoms with Crippen LogP contribution in [0, 0.1) is 0 Å². The molecular formula is C4H6ClNO. The number of hydrogen-bond donors (Lipinski definition) is 1. The van der Waals surface area contributed by atoms with Crippen molar-refractivity contribution in [2.45, 2.75) is 0 Å². The lowest BCUT2D eigenvalue weighted by Gasteiger charge is -1.97. The van der Waals surface area contributed by atoms with Gasteiger partial charge in [0.2, 0.25) is 0 Å². The summed E-state index contributed by atoms with van der Waals surface area (Å²) in [5.74, 6) is 0. The van der Waals surface area contributed by atoms with Gasteiger partial charge < -0.3 is 5.11 Å². The molecule has 0 unspecified atom stereocenters. The number of aliphatic hydroxyl groups is 1. The predicted molar refractivity (Wildman–Crippen MR) is 30.9 cm³/mol. The Morgan fingerprint density at radius 2 is 2.29 bits per heavy atom. The van der Waals surface area contributed by atoms with Gasteiger partial charge in [0.05, 0.1) is 6.61 Å². The molecule has 2 nitrogen and oxygen atoms in total. The fourth-order valence-electron chi connectivity index (χ4n) is 0.262. The highest BCUT2D eigenvalue weighted by atomic mass is 35.5. The van der Waals surface area contributed by atoms with Gasteiger partial charge in [-0.3, -0.25) is 4.99 Å². The number of aliphatic hydroxyl groups excluding tert-OH is 1. The molecule has 7 heavy (non-hydrogen) atoms. The van der Waals surface area contributed by atoms with Crippen molar-refractivity contribution in [3.05, 3.63) is 11.8 Å². The van der Waals surface area contributed by atoms with Crippen molar-refractivity contribution in [2.75, 3.05) is 6.61 Å². The van der Waals surface area contributed by atoms with Crippen molar-refractivity contribution in [3.8, 4) is 0 Å². The number of nitrogens with zero attached hydrogens (tertiary/aromatic N) is 1. The summed E-state index contributed by atoms with van der Waals surface area (Å²) in [5, 5.41) is 8.23. The summed E-state index contributed by atoms with van der Waals surface area (Å²) in [7, 11) is 0. The Kier molecular flexibility index (Phi) is 2.64. The lowest BCUT2D eigenvalue weighted by atomic mass is 10.3. The minimum absolute atomic E-state index is 0. The van der Waals surface area contributed by atoms with Crippen LogP contribution in [0.2, 0.25) is 0 Å². The first-order chi connectivity index (χ1) is 2.93. The standard InChI is InChI=1S/C4H5NO.ClH/c6-3-4-1-5-2-4;/h1-2,6H,3H2;1H. The highest BCUT2D eigenvalue weighted by Gasteiger charge is 1.92. The summed E-state index contributed by atoms with van der Waals surface area (Å²) in [6.45, 7) is 0.128. The van der Waals surface area contributed by atoms with Gasteiger partial charge >= 0.3 is 0 Å². The minimum Gasteiger partial charge on any atom is -0.392 e. The third-order valence-electron chi connectivity index (χ3n) is 0.663. The number of aliphatic imine (C=N–C) groups is 1. The summed E-state index contributed by atoms with van der Waals surface area (Å²) in [6.07, 6.45) is 3.28. The summed E-state index contributed by atoms with van der Waals surface area (Å²) in [5.41, 5.74) is 0.912. The molecule has 0 bridgehead atoms. The molecular weight excluding hydrogens is 114 g/mol. The second-order valence-corrected chi connectivity index (χ2v) is 1.14. The quantitative estimate of drug-likeness (QED) is 0.532. The molecule has 0 saturated heterocycles. The summed E-state index contributed by atoms with van der Waals surface area (Å²) in [6, 6.07) is 0. The maximum Gasteiger partial charge on any atom is 0.0712 e. The van der Waals surface area contributed by atoms with Gasteiger partial charge in [0.25, 0.3) is 0 Å². The number of rotatable bonds is 1. The Hall–Kier alpha value is -0.340. The predicted octanol–water partition coefficient (Wildman–Crippen LogP) is 0.369. The minimum atomic E-state index is 0. The fraction of sp³-hybridized carbons (Fsp3) is 0.250. The number of halogens is 1. The highest BCUT2D eigenvalue weighted by molar-refractivity contribution is 5.85. The SMILES string of the molecule is Cl.OCC1=CN=C1. The molecule has 1 rings (SSSR count). The van der Waals surface area contributed by atoms with Crippen LogP contribution in [0.4, 0.5) is 0 Å². The van der Waals surface area contributed by atoms with Gasteiger partial charge in [0.1, 0.15) is 0 Å². The van der Waals surface area contributed by atoms with Crippen molar-refractivity contribution in [1.29, 1.82) is 0 Å².